The Labute approximate surface area is 172 Å². The van der Waals surface area contributed by atoms with Gasteiger partial charge in [-0.05, 0) is 48.5 Å². The molecule has 0 atom stereocenters. The number of sulfonamides is 2. The number of rotatable bonds is 5. The van der Waals surface area contributed by atoms with Crippen molar-refractivity contribution in [2.24, 2.45) is 0 Å². The number of alkyl halides is 3. The fourth-order valence-electron chi connectivity index (χ4n) is 3.01. The molecule has 0 saturated carbocycles. The van der Waals surface area contributed by atoms with Gasteiger partial charge in [0.05, 0.1) is 22.5 Å². The summed E-state index contributed by atoms with van der Waals surface area (Å²) in [4.78, 5) is -0.218. The number of hydrogen-bond donors (Lipinski definition) is 0. The molecule has 0 aromatic heterocycles. The highest BCUT2D eigenvalue weighted by Crippen LogP contribution is 2.30. The van der Waals surface area contributed by atoms with E-state index in [1.165, 1.54) is 35.7 Å². The zero-order chi connectivity index (χ0) is 22.2. The SMILES string of the molecule is COc1ccc(S(=O)(=O)N2CCN(S(=O)(=O)c3ccc(C(F)(F)F)cc3)CC2)cc1. The van der Waals surface area contributed by atoms with Gasteiger partial charge in [-0.2, -0.15) is 21.8 Å². The van der Waals surface area contributed by atoms with E-state index in [0.29, 0.717) is 17.9 Å². The van der Waals surface area contributed by atoms with E-state index in [0.717, 1.165) is 16.4 Å². The van der Waals surface area contributed by atoms with Crippen LogP contribution in [0.4, 0.5) is 13.2 Å². The lowest BCUT2D eigenvalue weighted by atomic mass is 10.2. The maximum Gasteiger partial charge on any atom is 0.416 e. The molecule has 1 aliphatic rings. The molecule has 30 heavy (non-hydrogen) atoms. The number of nitrogens with zero attached hydrogens (tertiary/aromatic N) is 2. The van der Waals surface area contributed by atoms with Gasteiger partial charge in [-0.1, -0.05) is 0 Å². The minimum Gasteiger partial charge on any atom is -0.497 e. The van der Waals surface area contributed by atoms with E-state index in [1.54, 1.807) is 0 Å². The lowest BCUT2D eigenvalue weighted by Crippen LogP contribution is -2.50. The van der Waals surface area contributed by atoms with Gasteiger partial charge in [0.2, 0.25) is 20.0 Å². The van der Waals surface area contributed by atoms with E-state index < -0.39 is 31.8 Å². The molecule has 1 aliphatic heterocycles. The number of ether oxygens (including phenoxy) is 1. The van der Waals surface area contributed by atoms with Crippen LogP contribution < -0.4 is 4.74 Å². The van der Waals surface area contributed by atoms with E-state index in [4.69, 9.17) is 4.74 Å². The van der Waals surface area contributed by atoms with Gasteiger partial charge in [-0.25, -0.2) is 16.8 Å². The second-order valence-electron chi connectivity index (χ2n) is 6.51. The molecule has 1 fully saturated rings. The zero-order valence-corrected chi connectivity index (χ0v) is 17.5. The van der Waals surface area contributed by atoms with Crippen LogP contribution in [0.2, 0.25) is 0 Å². The summed E-state index contributed by atoms with van der Waals surface area (Å²) in [5.74, 6) is 0.501. The maximum atomic E-state index is 12.8. The summed E-state index contributed by atoms with van der Waals surface area (Å²) in [6, 6.07) is 9.04. The smallest absolute Gasteiger partial charge is 0.416 e. The van der Waals surface area contributed by atoms with Crippen molar-refractivity contribution in [2.75, 3.05) is 33.3 Å². The average molecular weight is 464 g/mol. The van der Waals surface area contributed by atoms with Crippen LogP contribution in [-0.4, -0.2) is 58.7 Å². The molecule has 0 radical (unpaired) electrons. The quantitative estimate of drug-likeness (QED) is 0.679. The minimum atomic E-state index is -4.57. The Morgan fingerprint density at radius 3 is 1.43 bits per heavy atom. The van der Waals surface area contributed by atoms with Crippen LogP contribution in [-0.2, 0) is 26.2 Å². The van der Waals surface area contributed by atoms with Crippen molar-refractivity contribution < 1.29 is 34.7 Å². The summed E-state index contributed by atoms with van der Waals surface area (Å²) in [6.07, 6.45) is -4.57. The molecule has 0 bridgehead atoms. The van der Waals surface area contributed by atoms with Gasteiger partial charge >= 0.3 is 6.18 Å². The molecule has 0 N–H and O–H groups in total. The van der Waals surface area contributed by atoms with Crippen molar-refractivity contribution in [3.8, 4) is 5.75 Å². The average Bonchev–Trinajstić information content (AvgIpc) is 2.73. The number of piperazine rings is 1. The Bertz CT molecular complexity index is 1090. The van der Waals surface area contributed by atoms with E-state index in [-0.39, 0.29) is 36.0 Å². The van der Waals surface area contributed by atoms with E-state index in [2.05, 4.69) is 0 Å². The van der Waals surface area contributed by atoms with Crippen LogP contribution >= 0.6 is 0 Å². The first-order chi connectivity index (χ1) is 14.0. The summed E-state index contributed by atoms with van der Waals surface area (Å²) in [7, 11) is -6.39. The molecule has 7 nitrogen and oxygen atoms in total. The largest absolute Gasteiger partial charge is 0.497 e. The molecule has 12 heteroatoms. The van der Waals surface area contributed by atoms with Crippen molar-refractivity contribution in [3.05, 3.63) is 54.1 Å². The molecular weight excluding hydrogens is 445 g/mol. The number of hydrogen-bond acceptors (Lipinski definition) is 5. The molecule has 2 aromatic carbocycles. The van der Waals surface area contributed by atoms with Gasteiger partial charge in [-0.15, -0.1) is 0 Å². The normalized spacial score (nSPS) is 17.1. The third-order valence-corrected chi connectivity index (χ3v) is 8.54. The second kappa shape index (κ2) is 8.17. The lowest BCUT2D eigenvalue weighted by molar-refractivity contribution is -0.137. The Hall–Kier alpha value is -2.15. The molecule has 0 amide bonds. The van der Waals surface area contributed by atoms with Gasteiger partial charge in [0.15, 0.2) is 0 Å². The van der Waals surface area contributed by atoms with E-state index >= 15 is 0 Å². The molecule has 2 aromatic rings. The zero-order valence-electron chi connectivity index (χ0n) is 15.8. The summed E-state index contributed by atoms with van der Waals surface area (Å²) in [5, 5.41) is 0. The van der Waals surface area contributed by atoms with E-state index in [1.807, 2.05) is 0 Å². The summed E-state index contributed by atoms with van der Waals surface area (Å²) < 4.78 is 96.2. The molecule has 1 saturated heterocycles. The van der Waals surface area contributed by atoms with Crippen molar-refractivity contribution in [1.82, 2.24) is 8.61 Å². The number of benzene rings is 2. The standard InChI is InChI=1S/C18H19F3N2O5S2/c1-28-15-4-8-17(9-5-15)30(26,27)23-12-10-22(11-13-23)29(24,25)16-6-2-14(3-7-16)18(19,20)21/h2-9H,10-13H2,1H3. The monoisotopic (exact) mass is 464 g/mol. The summed E-state index contributed by atoms with van der Waals surface area (Å²) >= 11 is 0. The molecule has 164 valence electrons. The molecular formula is C18H19F3N2O5S2. The van der Waals surface area contributed by atoms with Crippen LogP contribution in [0.25, 0.3) is 0 Å². The first-order valence-corrected chi connectivity index (χ1v) is 11.7. The molecule has 1 heterocycles. The topological polar surface area (TPSA) is 84.0 Å². The van der Waals surface area contributed by atoms with Crippen LogP contribution in [0.3, 0.4) is 0 Å². The molecule has 0 aliphatic carbocycles. The van der Waals surface area contributed by atoms with Crippen molar-refractivity contribution >= 4 is 20.0 Å². The van der Waals surface area contributed by atoms with Gasteiger partial charge in [0, 0.05) is 26.2 Å². The second-order valence-corrected chi connectivity index (χ2v) is 10.4. The maximum absolute atomic E-state index is 12.8. The lowest BCUT2D eigenvalue weighted by Gasteiger charge is -2.33. The predicted octanol–water partition coefficient (Wildman–Crippen LogP) is 2.41. The fraction of sp³-hybridized carbons (Fsp3) is 0.333. The van der Waals surface area contributed by atoms with Gasteiger partial charge in [0.25, 0.3) is 0 Å². The Balaban J connectivity index is 1.72. The van der Waals surface area contributed by atoms with Crippen LogP contribution in [0.15, 0.2) is 58.3 Å². The van der Waals surface area contributed by atoms with Crippen LogP contribution in [0.1, 0.15) is 5.56 Å². The third-order valence-electron chi connectivity index (χ3n) is 4.71. The minimum absolute atomic E-state index is 0.0577. The highest BCUT2D eigenvalue weighted by Gasteiger charge is 2.35. The van der Waals surface area contributed by atoms with Crippen LogP contribution in [0, 0.1) is 0 Å². The Kier molecular flexibility index (Phi) is 6.14. The first-order valence-electron chi connectivity index (χ1n) is 8.78. The van der Waals surface area contributed by atoms with Crippen molar-refractivity contribution in [1.29, 1.82) is 0 Å². The number of halogens is 3. The molecule has 3 rings (SSSR count). The Morgan fingerprint density at radius 2 is 1.10 bits per heavy atom. The van der Waals surface area contributed by atoms with Crippen LogP contribution in [0.5, 0.6) is 5.75 Å². The predicted molar refractivity (Wildman–Crippen MR) is 102 cm³/mol. The fourth-order valence-corrected chi connectivity index (χ4v) is 5.86. The van der Waals surface area contributed by atoms with Gasteiger partial charge < -0.3 is 4.74 Å². The summed E-state index contributed by atoms with van der Waals surface area (Å²) in [5.41, 5.74) is -0.947. The van der Waals surface area contributed by atoms with Crippen molar-refractivity contribution in [2.45, 2.75) is 16.0 Å². The first kappa shape index (κ1) is 22.5. The summed E-state index contributed by atoms with van der Waals surface area (Å²) in [6.45, 7) is -0.375. The number of methoxy groups -OCH3 is 1. The van der Waals surface area contributed by atoms with Gasteiger partial charge in [-0.3, -0.25) is 0 Å². The van der Waals surface area contributed by atoms with E-state index in [9.17, 15) is 30.0 Å². The van der Waals surface area contributed by atoms with Gasteiger partial charge in [0.1, 0.15) is 5.75 Å². The molecule has 0 unspecified atom stereocenters. The Morgan fingerprint density at radius 1 is 0.733 bits per heavy atom. The third kappa shape index (κ3) is 4.46. The highest BCUT2D eigenvalue weighted by molar-refractivity contribution is 7.89. The van der Waals surface area contributed by atoms with Crippen molar-refractivity contribution in [3.63, 3.8) is 0 Å². The molecule has 0 spiro atoms. The highest BCUT2D eigenvalue weighted by atomic mass is 32.2.